The van der Waals surface area contributed by atoms with Crippen molar-refractivity contribution in [2.45, 2.75) is 32.8 Å². The highest BCUT2D eigenvalue weighted by atomic mass is 32.2. The Kier molecular flexibility index (Phi) is 9.76. The summed E-state index contributed by atoms with van der Waals surface area (Å²) in [6.07, 6.45) is 6.91. The molecule has 0 saturated heterocycles. The maximum absolute atomic E-state index is 10.4. The van der Waals surface area contributed by atoms with Crippen molar-refractivity contribution in [2.24, 2.45) is 15.2 Å². The Hall–Kier alpha value is -2.29. The highest BCUT2D eigenvalue weighted by Gasteiger charge is 2.16. The summed E-state index contributed by atoms with van der Waals surface area (Å²) in [5.74, 6) is 0.594. The van der Waals surface area contributed by atoms with Crippen molar-refractivity contribution in [3.63, 3.8) is 0 Å². The standard InChI is InChI=1S/C21H28N4O3S/c1-4-10-25(5-2)29-20(14-22-3)8-6-17-11-16-12-18(7-9-21(16)24-17)28-19(15-26)13-23-27/h6-9,12,14,19,26H,3-5,10-11,13,15H2,1-2H3/b8-6+,20-14-. The third-order valence-corrected chi connectivity index (χ3v) is 5.34. The maximum atomic E-state index is 10.4. The van der Waals surface area contributed by atoms with Gasteiger partial charge in [0.2, 0.25) is 0 Å². The number of nitroso groups, excluding NO2 is 1. The van der Waals surface area contributed by atoms with Crippen molar-refractivity contribution < 1.29 is 9.84 Å². The molecule has 0 aliphatic carbocycles. The van der Waals surface area contributed by atoms with Crippen molar-refractivity contribution >= 4 is 30.1 Å². The minimum Gasteiger partial charge on any atom is -0.486 e. The summed E-state index contributed by atoms with van der Waals surface area (Å²) < 4.78 is 7.90. The molecule has 2 rings (SSSR count). The molecule has 0 radical (unpaired) electrons. The van der Waals surface area contributed by atoms with Crippen LogP contribution >= 0.6 is 11.9 Å². The van der Waals surface area contributed by atoms with Crippen LogP contribution in [0.3, 0.4) is 0 Å². The molecular weight excluding hydrogens is 388 g/mol. The number of aliphatic hydroxyl groups is 1. The number of hydrogen-bond acceptors (Lipinski definition) is 8. The van der Waals surface area contributed by atoms with Crippen LogP contribution in [-0.4, -0.2) is 54.2 Å². The number of fused-ring (bicyclic) bond motifs is 1. The quantitative estimate of drug-likeness (QED) is 0.224. The first-order valence-electron chi connectivity index (χ1n) is 9.67. The van der Waals surface area contributed by atoms with Gasteiger partial charge >= 0.3 is 0 Å². The molecular formula is C21H28N4O3S. The van der Waals surface area contributed by atoms with Crippen LogP contribution in [-0.2, 0) is 6.42 Å². The third kappa shape index (κ3) is 7.23. The number of rotatable bonds is 13. The fourth-order valence-electron chi connectivity index (χ4n) is 2.81. The average Bonchev–Trinajstić information content (AvgIpc) is 3.13. The molecule has 0 spiro atoms. The van der Waals surface area contributed by atoms with Gasteiger partial charge in [-0.25, -0.2) is 4.31 Å². The van der Waals surface area contributed by atoms with Gasteiger partial charge in [0.25, 0.3) is 0 Å². The molecule has 0 amide bonds. The molecule has 1 aromatic carbocycles. The second-order valence-electron chi connectivity index (χ2n) is 6.46. The van der Waals surface area contributed by atoms with Crippen LogP contribution in [0.1, 0.15) is 25.8 Å². The van der Waals surface area contributed by atoms with Crippen molar-refractivity contribution in [3.8, 4) is 5.75 Å². The first-order chi connectivity index (χ1) is 14.1. The summed E-state index contributed by atoms with van der Waals surface area (Å²) in [5, 5.41) is 12.0. The van der Waals surface area contributed by atoms with Crippen LogP contribution in [0.25, 0.3) is 0 Å². The fourth-order valence-corrected chi connectivity index (χ4v) is 3.76. The Morgan fingerprint density at radius 1 is 1.48 bits per heavy atom. The lowest BCUT2D eigenvalue weighted by Gasteiger charge is -2.18. The lowest BCUT2D eigenvalue weighted by Crippen LogP contribution is -2.24. The van der Waals surface area contributed by atoms with E-state index >= 15 is 0 Å². The average molecular weight is 417 g/mol. The molecule has 1 aliphatic rings. The van der Waals surface area contributed by atoms with Crippen molar-refractivity contribution in [1.29, 1.82) is 0 Å². The van der Waals surface area contributed by atoms with Crippen molar-refractivity contribution in [1.82, 2.24) is 4.31 Å². The summed E-state index contributed by atoms with van der Waals surface area (Å²) in [6.45, 7) is 9.47. The molecule has 1 heterocycles. The Bertz CT molecular complexity index is 792. The van der Waals surface area contributed by atoms with E-state index in [1.165, 1.54) is 0 Å². The smallest absolute Gasteiger partial charge is 0.145 e. The van der Waals surface area contributed by atoms with E-state index in [9.17, 15) is 10.0 Å². The molecule has 1 N–H and O–H groups in total. The van der Waals surface area contributed by atoms with Gasteiger partial charge in [-0.2, -0.15) is 4.91 Å². The summed E-state index contributed by atoms with van der Waals surface area (Å²) in [6, 6.07) is 5.56. The first kappa shape index (κ1) is 23.0. The van der Waals surface area contributed by atoms with E-state index in [4.69, 9.17) is 4.74 Å². The van der Waals surface area contributed by atoms with Crippen LogP contribution in [0.5, 0.6) is 5.75 Å². The van der Waals surface area contributed by atoms with Gasteiger partial charge in [-0.1, -0.05) is 19.0 Å². The highest BCUT2D eigenvalue weighted by Crippen LogP contribution is 2.31. The number of aliphatic imine (C=N–C) groups is 2. The van der Waals surface area contributed by atoms with Crippen molar-refractivity contribution in [2.75, 3.05) is 26.2 Å². The second-order valence-corrected chi connectivity index (χ2v) is 7.64. The largest absolute Gasteiger partial charge is 0.486 e. The van der Waals surface area contributed by atoms with E-state index in [-0.39, 0.29) is 13.2 Å². The predicted octanol–water partition coefficient (Wildman–Crippen LogP) is 4.30. The molecule has 1 atom stereocenters. The first-order valence-corrected chi connectivity index (χ1v) is 10.4. The minimum absolute atomic E-state index is 0.0883. The zero-order valence-corrected chi connectivity index (χ0v) is 17.8. The van der Waals surface area contributed by atoms with Crippen molar-refractivity contribution in [3.05, 3.63) is 51.9 Å². The third-order valence-electron chi connectivity index (χ3n) is 4.19. The lowest BCUT2D eigenvalue weighted by molar-refractivity contribution is 0.122. The molecule has 0 aromatic heterocycles. The molecule has 8 heteroatoms. The molecule has 0 fully saturated rings. The topological polar surface area (TPSA) is 86.9 Å². The Morgan fingerprint density at radius 3 is 2.97 bits per heavy atom. The van der Waals surface area contributed by atoms with Gasteiger partial charge in [0, 0.05) is 36.3 Å². The van der Waals surface area contributed by atoms with Gasteiger partial charge in [-0.05, 0) is 61.0 Å². The number of allylic oxidation sites excluding steroid dienone is 2. The monoisotopic (exact) mass is 416 g/mol. The van der Waals surface area contributed by atoms with Gasteiger partial charge in [0.15, 0.2) is 0 Å². The van der Waals surface area contributed by atoms with Crippen LogP contribution in [0.15, 0.2) is 56.6 Å². The van der Waals surface area contributed by atoms with Gasteiger partial charge in [-0.3, -0.25) is 9.98 Å². The lowest BCUT2D eigenvalue weighted by atomic mass is 10.1. The van der Waals surface area contributed by atoms with Crippen LogP contribution in [0, 0.1) is 4.91 Å². The van der Waals surface area contributed by atoms with E-state index in [1.54, 1.807) is 24.2 Å². The maximum Gasteiger partial charge on any atom is 0.145 e. The van der Waals surface area contributed by atoms with Crippen LogP contribution in [0.4, 0.5) is 5.69 Å². The number of benzene rings is 1. The summed E-state index contributed by atoms with van der Waals surface area (Å²) >= 11 is 1.66. The Balaban J connectivity index is 2.03. The fraction of sp³-hybridized carbons (Fsp3) is 0.429. The zero-order chi connectivity index (χ0) is 21.1. The zero-order valence-electron chi connectivity index (χ0n) is 17.0. The Morgan fingerprint density at radius 2 is 2.31 bits per heavy atom. The number of aliphatic hydroxyl groups excluding tert-OH is 1. The number of ether oxygens (including phenoxy) is 1. The van der Waals surface area contributed by atoms with Gasteiger partial charge in [-0.15, -0.1) is 0 Å². The molecule has 0 bridgehead atoms. The SMILES string of the molecule is C=N/C=C(/C=C/C1=Nc2ccc(OC(CO)CN=O)cc2C1)SN(CC)CCC. The molecule has 156 valence electrons. The molecule has 1 aromatic rings. The summed E-state index contributed by atoms with van der Waals surface area (Å²) in [4.78, 5) is 20.0. The number of nitrogens with zero attached hydrogens (tertiary/aromatic N) is 4. The predicted molar refractivity (Wildman–Crippen MR) is 121 cm³/mol. The van der Waals surface area contributed by atoms with E-state index in [2.05, 4.69) is 40.0 Å². The summed E-state index contributed by atoms with van der Waals surface area (Å²) in [5.41, 5.74) is 2.88. The van der Waals surface area contributed by atoms with Gasteiger partial charge in [0.1, 0.15) is 18.4 Å². The van der Waals surface area contributed by atoms with Gasteiger partial charge < -0.3 is 9.84 Å². The van der Waals surface area contributed by atoms with Crippen LogP contribution < -0.4 is 4.74 Å². The van der Waals surface area contributed by atoms with Gasteiger partial charge in [0.05, 0.1) is 12.3 Å². The second kappa shape index (κ2) is 12.3. The molecule has 0 saturated carbocycles. The van der Waals surface area contributed by atoms with E-state index in [0.29, 0.717) is 12.2 Å². The van der Waals surface area contributed by atoms with E-state index in [1.807, 2.05) is 24.3 Å². The molecule has 1 unspecified atom stereocenters. The van der Waals surface area contributed by atoms with E-state index in [0.717, 1.165) is 41.4 Å². The molecule has 1 aliphatic heterocycles. The minimum atomic E-state index is -0.631. The molecule has 7 nitrogen and oxygen atoms in total. The molecule has 29 heavy (non-hydrogen) atoms. The van der Waals surface area contributed by atoms with E-state index < -0.39 is 6.10 Å². The number of hydrogen-bond donors (Lipinski definition) is 1. The van der Waals surface area contributed by atoms with Crippen LogP contribution in [0.2, 0.25) is 0 Å². The normalized spacial score (nSPS) is 14.8. The Labute approximate surface area is 176 Å². The highest BCUT2D eigenvalue weighted by molar-refractivity contribution is 8.01. The summed E-state index contributed by atoms with van der Waals surface area (Å²) in [7, 11) is 0.